The first-order valence-electron chi connectivity index (χ1n) is 11.7. The summed E-state index contributed by atoms with van der Waals surface area (Å²) < 4.78 is 35.6. The van der Waals surface area contributed by atoms with Crippen molar-refractivity contribution in [1.29, 1.82) is 0 Å². The molecule has 0 unspecified atom stereocenters. The maximum atomic E-state index is 14.0. The van der Waals surface area contributed by atoms with Gasteiger partial charge in [-0.15, -0.1) is 0 Å². The quantitative estimate of drug-likeness (QED) is 0.229. The molecule has 4 rings (SSSR count). The van der Waals surface area contributed by atoms with E-state index in [1.807, 2.05) is 18.2 Å². The van der Waals surface area contributed by atoms with Gasteiger partial charge in [0.25, 0.3) is 0 Å². The smallest absolute Gasteiger partial charge is 0.231 e. The molecule has 0 fully saturated rings. The fourth-order valence-electron chi connectivity index (χ4n) is 3.30. The van der Waals surface area contributed by atoms with E-state index in [1.54, 1.807) is 18.2 Å². The second-order valence-corrected chi connectivity index (χ2v) is 7.73. The van der Waals surface area contributed by atoms with Crippen molar-refractivity contribution in [2.45, 2.75) is 13.1 Å². The molecule has 36 heavy (non-hydrogen) atoms. The minimum Gasteiger partial charge on any atom is -0.454 e. The standard InChI is InChI=1S/C24H30FN7O4/c25-19-4-2-1-3-18(19)15-29-24-31-22(27-8-10-34-12-11-33-9-7-26)30-23(32-24)28-14-17-5-6-20-21(13-17)36-16-35-20/h1-6,13H,7-12,14-16,26H2,(H3,27,28,29,30,31,32). The number of nitrogens with two attached hydrogens (primary N) is 1. The Morgan fingerprint density at radius 3 is 2.28 bits per heavy atom. The molecule has 5 N–H and O–H groups in total. The summed E-state index contributed by atoms with van der Waals surface area (Å²) >= 11 is 0. The average Bonchev–Trinajstić information content (AvgIpc) is 3.37. The van der Waals surface area contributed by atoms with Crippen molar-refractivity contribution in [1.82, 2.24) is 15.0 Å². The number of hydrogen-bond acceptors (Lipinski definition) is 11. The van der Waals surface area contributed by atoms with Crippen LogP contribution in [-0.2, 0) is 22.6 Å². The molecule has 0 atom stereocenters. The lowest BCUT2D eigenvalue weighted by molar-refractivity contribution is 0.0547. The van der Waals surface area contributed by atoms with Gasteiger partial charge in [-0.1, -0.05) is 24.3 Å². The molecule has 0 saturated heterocycles. The van der Waals surface area contributed by atoms with Crippen LogP contribution in [0.4, 0.5) is 22.2 Å². The van der Waals surface area contributed by atoms with E-state index in [1.165, 1.54) is 6.07 Å². The van der Waals surface area contributed by atoms with Crippen molar-refractivity contribution >= 4 is 17.8 Å². The molecule has 0 radical (unpaired) electrons. The van der Waals surface area contributed by atoms with Crippen LogP contribution in [0.15, 0.2) is 42.5 Å². The molecule has 1 aromatic heterocycles. The lowest BCUT2D eigenvalue weighted by Gasteiger charge is -2.12. The topological polar surface area (TPSA) is 138 Å². The van der Waals surface area contributed by atoms with Crippen molar-refractivity contribution in [3.8, 4) is 11.5 Å². The largest absolute Gasteiger partial charge is 0.454 e. The van der Waals surface area contributed by atoms with Gasteiger partial charge in [-0.3, -0.25) is 0 Å². The zero-order valence-corrected chi connectivity index (χ0v) is 19.8. The number of aromatic nitrogens is 3. The van der Waals surface area contributed by atoms with Crippen LogP contribution in [0.2, 0.25) is 0 Å². The van der Waals surface area contributed by atoms with E-state index in [4.69, 9.17) is 24.7 Å². The second-order valence-electron chi connectivity index (χ2n) is 7.73. The van der Waals surface area contributed by atoms with Gasteiger partial charge in [0.1, 0.15) is 5.82 Å². The summed E-state index contributed by atoms with van der Waals surface area (Å²) in [4.78, 5) is 13.3. The summed E-state index contributed by atoms with van der Waals surface area (Å²) in [6, 6.07) is 12.2. The number of benzene rings is 2. The summed E-state index contributed by atoms with van der Waals surface area (Å²) in [7, 11) is 0. The van der Waals surface area contributed by atoms with Crippen molar-refractivity contribution in [3.63, 3.8) is 0 Å². The number of nitrogens with one attached hydrogen (secondary N) is 3. The van der Waals surface area contributed by atoms with Gasteiger partial charge in [0.15, 0.2) is 11.5 Å². The van der Waals surface area contributed by atoms with Crippen LogP contribution in [0, 0.1) is 5.82 Å². The van der Waals surface area contributed by atoms with E-state index in [0.717, 1.165) is 11.3 Å². The SMILES string of the molecule is NCCOCCOCCNc1nc(NCc2ccc3c(c2)OCO3)nc(NCc2ccccc2F)n1. The van der Waals surface area contributed by atoms with Gasteiger partial charge >= 0.3 is 0 Å². The van der Waals surface area contributed by atoms with Gasteiger partial charge < -0.3 is 40.6 Å². The number of ether oxygens (including phenoxy) is 4. The van der Waals surface area contributed by atoms with Crippen molar-refractivity contribution < 1.29 is 23.3 Å². The molecule has 0 aliphatic carbocycles. The van der Waals surface area contributed by atoms with Gasteiger partial charge in [0.2, 0.25) is 24.6 Å². The molecular weight excluding hydrogens is 469 g/mol. The molecule has 0 amide bonds. The van der Waals surface area contributed by atoms with E-state index in [9.17, 15) is 4.39 Å². The van der Waals surface area contributed by atoms with E-state index in [0.29, 0.717) is 75.2 Å². The molecule has 2 heterocycles. The van der Waals surface area contributed by atoms with Crippen molar-refractivity contribution in [2.75, 3.05) is 62.3 Å². The van der Waals surface area contributed by atoms with Gasteiger partial charge in [0, 0.05) is 31.7 Å². The third-order valence-electron chi connectivity index (χ3n) is 5.08. The zero-order valence-electron chi connectivity index (χ0n) is 19.8. The summed E-state index contributed by atoms with van der Waals surface area (Å²) in [6.07, 6.45) is 0. The molecule has 1 aliphatic heterocycles. The third kappa shape index (κ3) is 7.63. The molecule has 12 heteroatoms. The summed E-state index contributed by atoms with van der Waals surface area (Å²) in [5, 5.41) is 9.40. The fourth-order valence-corrected chi connectivity index (χ4v) is 3.30. The number of nitrogens with zero attached hydrogens (tertiary/aromatic N) is 3. The summed E-state index contributed by atoms with van der Waals surface area (Å²) in [5.41, 5.74) is 6.86. The van der Waals surface area contributed by atoms with Crippen molar-refractivity contribution in [2.24, 2.45) is 5.73 Å². The molecule has 2 aromatic carbocycles. The van der Waals surface area contributed by atoms with Crippen molar-refractivity contribution in [3.05, 3.63) is 59.4 Å². The normalized spacial score (nSPS) is 11.9. The lowest BCUT2D eigenvalue weighted by Crippen LogP contribution is -2.17. The molecule has 1 aliphatic rings. The van der Waals surface area contributed by atoms with Crippen LogP contribution in [0.3, 0.4) is 0 Å². The second kappa shape index (κ2) is 13.4. The monoisotopic (exact) mass is 499 g/mol. The van der Waals surface area contributed by atoms with E-state index in [-0.39, 0.29) is 19.2 Å². The minimum atomic E-state index is -0.300. The van der Waals surface area contributed by atoms with E-state index in [2.05, 4.69) is 30.9 Å². The number of halogens is 1. The highest BCUT2D eigenvalue weighted by Crippen LogP contribution is 2.32. The molecule has 0 spiro atoms. The Bertz CT molecular complexity index is 1120. The molecule has 192 valence electrons. The predicted molar refractivity (Wildman–Crippen MR) is 133 cm³/mol. The van der Waals surface area contributed by atoms with Gasteiger partial charge in [0.05, 0.1) is 26.4 Å². The first kappa shape index (κ1) is 25.4. The Balaban J connectivity index is 1.36. The number of rotatable bonds is 15. The van der Waals surface area contributed by atoms with Crippen LogP contribution in [0.5, 0.6) is 11.5 Å². The highest BCUT2D eigenvalue weighted by Gasteiger charge is 2.14. The summed E-state index contributed by atoms with van der Waals surface area (Å²) in [6.45, 7) is 3.78. The number of anilines is 3. The van der Waals surface area contributed by atoms with Crippen LogP contribution in [0.25, 0.3) is 0 Å². The third-order valence-corrected chi connectivity index (χ3v) is 5.08. The van der Waals surface area contributed by atoms with E-state index >= 15 is 0 Å². The first-order valence-corrected chi connectivity index (χ1v) is 11.7. The lowest BCUT2D eigenvalue weighted by atomic mass is 10.2. The minimum absolute atomic E-state index is 0.218. The molecule has 11 nitrogen and oxygen atoms in total. The van der Waals surface area contributed by atoms with Crippen LogP contribution < -0.4 is 31.2 Å². The highest BCUT2D eigenvalue weighted by molar-refractivity contribution is 5.46. The Morgan fingerprint density at radius 2 is 1.50 bits per heavy atom. The van der Waals surface area contributed by atoms with Crippen LogP contribution in [0.1, 0.15) is 11.1 Å². The number of fused-ring (bicyclic) bond motifs is 1. The molecular formula is C24H30FN7O4. The molecule has 3 aromatic rings. The average molecular weight is 500 g/mol. The highest BCUT2D eigenvalue weighted by atomic mass is 19.1. The zero-order chi connectivity index (χ0) is 25.0. The molecule has 0 bridgehead atoms. The van der Waals surface area contributed by atoms with Crippen LogP contribution >= 0.6 is 0 Å². The number of hydrogen-bond donors (Lipinski definition) is 4. The first-order chi connectivity index (χ1) is 17.7. The van der Waals surface area contributed by atoms with E-state index < -0.39 is 0 Å². The Kier molecular flexibility index (Phi) is 9.42. The van der Waals surface area contributed by atoms with Gasteiger partial charge in [-0.2, -0.15) is 15.0 Å². The van der Waals surface area contributed by atoms with Gasteiger partial charge in [-0.05, 0) is 23.8 Å². The Morgan fingerprint density at radius 1 is 0.806 bits per heavy atom. The maximum Gasteiger partial charge on any atom is 0.231 e. The van der Waals surface area contributed by atoms with Gasteiger partial charge in [-0.25, -0.2) is 4.39 Å². The maximum absolute atomic E-state index is 14.0. The summed E-state index contributed by atoms with van der Waals surface area (Å²) in [5.74, 6) is 2.15. The predicted octanol–water partition coefficient (Wildman–Crippen LogP) is 2.37. The Hall–Kier alpha value is -3.74. The van der Waals surface area contributed by atoms with Crippen LogP contribution in [-0.4, -0.2) is 61.3 Å². The Labute approximate surface area is 208 Å². The molecule has 0 saturated carbocycles. The fraction of sp³-hybridized carbons (Fsp3) is 0.375.